The van der Waals surface area contributed by atoms with E-state index in [2.05, 4.69) is 5.32 Å². The smallest absolute Gasteiger partial charge is 0.219 e. The predicted molar refractivity (Wildman–Crippen MR) is 90.0 cm³/mol. The van der Waals surface area contributed by atoms with Crippen molar-refractivity contribution in [2.75, 3.05) is 20.8 Å². The molecule has 3 N–H and O–H groups in total. The Morgan fingerprint density at radius 2 is 2.12 bits per heavy atom. The first kappa shape index (κ1) is 16.3. The molecule has 0 fully saturated rings. The molecule has 1 aromatic heterocycles. The van der Waals surface area contributed by atoms with E-state index in [1.54, 1.807) is 14.2 Å². The summed E-state index contributed by atoms with van der Waals surface area (Å²) in [6, 6.07) is 5.77. The van der Waals surface area contributed by atoms with E-state index < -0.39 is 0 Å². The third-order valence-corrected chi connectivity index (χ3v) is 4.23. The van der Waals surface area contributed by atoms with E-state index >= 15 is 0 Å². The van der Waals surface area contributed by atoms with Gasteiger partial charge in [-0.25, -0.2) is 0 Å². The average Bonchev–Trinajstić information content (AvgIpc) is 2.98. The van der Waals surface area contributed by atoms with Crippen LogP contribution in [0.4, 0.5) is 0 Å². The second-order valence-electron chi connectivity index (χ2n) is 5.71. The van der Waals surface area contributed by atoms with Crippen LogP contribution in [0.3, 0.4) is 0 Å². The molecule has 0 saturated carbocycles. The van der Waals surface area contributed by atoms with Crippen molar-refractivity contribution >= 4 is 5.91 Å². The standard InChI is InChI=1S/C17H22N4O3/c1-23-14-4-3-11(9-15(14)24-2)17-12-10-19-7-5-13(12)21(20-17)8-6-16(18)22/h3-4,9,19H,5-8,10H2,1-2H3,(H2,18,22). The first-order valence-corrected chi connectivity index (χ1v) is 7.94. The number of nitrogens with one attached hydrogen (secondary N) is 1. The number of carbonyl (C=O) groups excluding carboxylic acids is 1. The number of primary amides is 1. The zero-order valence-corrected chi connectivity index (χ0v) is 14.0. The van der Waals surface area contributed by atoms with Gasteiger partial charge in [0, 0.05) is 49.3 Å². The fraction of sp³-hybridized carbons (Fsp3) is 0.412. The minimum atomic E-state index is -0.319. The summed E-state index contributed by atoms with van der Waals surface area (Å²) in [7, 11) is 3.23. The molecule has 0 aliphatic carbocycles. The highest BCUT2D eigenvalue weighted by Crippen LogP contribution is 2.34. The quantitative estimate of drug-likeness (QED) is 0.827. The molecule has 1 aliphatic rings. The number of ether oxygens (including phenoxy) is 2. The van der Waals surface area contributed by atoms with Crippen LogP contribution in [0, 0.1) is 0 Å². The van der Waals surface area contributed by atoms with E-state index in [0.717, 1.165) is 36.3 Å². The number of benzene rings is 1. The minimum absolute atomic E-state index is 0.285. The summed E-state index contributed by atoms with van der Waals surface area (Å²) < 4.78 is 12.6. The Kier molecular flexibility index (Phi) is 4.71. The summed E-state index contributed by atoms with van der Waals surface area (Å²) >= 11 is 0. The summed E-state index contributed by atoms with van der Waals surface area (Å²) in [6.45, 7) is 2.17. The monoisotopic (exact) mass is 330 g/mol. The van der Waals surface area contributed by atoms with Crippen LogP contribution >= 0.6 is 0 Å². The number of methoxy groups -OCH3 is 2. The summed E-state index contributed by atoms with van der Waals surface area (Å²) in [5.74, 6) is 1.03. The second-order valence-corrected chi connectivity index (χ2v) is 5.71. The van der Waals surface area contributed by atoms with E-state index in [-0.39, 0.29) is 12.3 Å². The maximum atomic E-state index is 11.1. The van der Waals surface area contributed by atoms with Crippen molar-refractivity contribution in [2.24, 2.45) is 5.73 Å². The zero-order valence-electron chi connectivity index (χ0n) is 14.0. The Balaban J connectivity index is 2.02. The van der Waals surface area contributed by atoms with Crippen molar-refractivity contribution in [3.63, 3.8) is 0 Å². The number of nitrogens with two attached hydrogens (primary N) is 1. The van der Waals surface area contributed by atoms with Crippen LogP contribution in [0.25, 0.3) is 11.3 Å². The van der Waals surface area contributed by atoms with Crippen LogP contribution in [0.2, 0.25) is 0 Å². The van der Waals surface area contributed by atoms with E-state index in [9.17, 15) is 4.79 Å². The van der Waals surface area contributed by atoms with Crippen LogP contribution < -0.4 is 20.5 Å². The lowest BCUT2D eigenvalue weighted by Crippen LogP contribution is -2.25. The van der Waals surface area contributed by atoms with Crippen LogP contribution in [-0.4, -0.2) is 36.5 Å². The number of fused-ring (bicyclic) bond motifs is 1. The third-order valence-electron chi connectivity index (χ3n) is 4.23. The lowest BCUT2D eigenvalue weighted by atomic mass is 10.0. The normalized spacial score (nSPS) is 13.4. The topological polar surface area (TPSA) is 91.4 Å². The third kappa shape index (κ3) is 3.07. The molecular weight excluding hydrogens is 308 g/mol. The molecule has 0 saturated heterocycles. The summed E-state index contributed by atoms with van der Waals surface area (Å²) in [4.78, 5) is 11.1. The first-order valence-electron chi connectivity index (χ1n) is 7.94. The maximum Gasteiger partial charge on any atom is 0.219 e. The molecule has 1 aliphatic heterocycles. The number of aromatic nitrogens is 2. The molecule has 1 amide bonds. The Bertz CT molecular complexity index is 755. The highest BCUT2D eigenvalue weighted by molar-refractivity contribution is 5.73. The molecule has 2 heterocycles. The van der Waals surface area contributed by atoms with Gasteiger partial charge >= 0.3 is 0 Å². The molecule has 0 atom stereocenters. The number of hydrogen-bond acceptors (Lipinski definition) is 5. The number of carbonyl (C=O) groups is 1. The highest BCUT2D eigenvalue weighted by Gasteiger charge is 2.22. The van der Waals surface area contributed by atoms with E-state index in [4.69, 9.17) is 20.3 Å². The van der Waals surface area contributed by atoms with Gasteiger partial charge in [-0.05, 0) is 18.2 Å². The summed E-state index contributed by atoms with van der Waals surface area (Å²) in [5, 5.41) is 8.12. The van der Waals surface area contributed by atoms with Crippen LogP contribution in [0.1, 0.15) is 17.7 Å². The van der Waals surface area contributed by atoms with Gasteiger partial charge in [0.05, 0.1) is 19.9 Å². The van der Waals surface area contributed by atoms with Gasteiger partial charge in [0.15, 0.2) is 11.5 Å². The summed E-state index contributed by atoms with van der Waals surface area (Å²) in [6.07, 6.45) is 1.17. The number of aryl methyl sites for hydroxylation is 1. The van der Waals surface area contributed by atoms with Gasteiger partial charge in [-0.3, -0.25) is 9.48 Å². The molecule has 0 bridgehead atoms. The molecule has 24 heavy (non-hydrogen) atoms. The lowest BCUT2D eigenvalue weighted by Gasteiger charge is -2.15. The minimum Gasteiger partial charge on any atom is -0.493 e. The van der Waals surface area contributed by atoms with Gasteiger partial charge in [0.2, 0.25) is 5.91 Å². The van der Waals surface area contributed by atoms with Crippen LogP contribution in [0.15, 0.2) is 18.2 Å². The van der Waals surface area contributed by atoms with Gasteiger partial charge in [-0.2, -0.15) is 5.10 Å². The Morgan fingerprint density at radius 3 is 2.83 bits per heavy atom. The number of hydrogen-bond donors (Lipinski definition) is 2. The predicted octanol–water partition coefficient (Wildman–Crippen LogP) is 1.09. The fourth-order valence-corrected chi connectivity index (χ4v) is 3.04. The molecule has 7 heteroatoms. The van der Waals surface area contributed by atoms with Crippen molar-refractivity contribution in [1.29, 1.82) is 0 Å². The van der Waals surface area contributed by atoms with Crippen molar-refractivity contribution in [1.82, 2.24) is 15.1 Å². The zero-order chi connectivity index (χ0) is 17.1. The van der Waals surface area contributed by atoms with Crippen molar-refractivity contribution in [2.45, 2.75) is 25.9 Å². The molecule has 0 radical (unpaired) electrons. The first-order chi connectivity index (χ1) is 11.6. The maximum absolute atomic E-state index is 11.1. The molecule has 7 nitrogen and oxygen atoms in total. The number of nitrogens with zero attached hydrogens (tertiary/aromatic N) is 2. The Labute approximate surface area is 140 Å². The van der Waals surface area contributed by atoms with Gasteiger partial charge in [0.1, 0.15) is 0 Å². The van der Waals surface area contributed by atoms with Gasteiger partial charge in [-0.1, -0.05) is 0 Å². The van der Waals surface area contributed by atoms with E-state index in [1.165, 1.54) is 5.69 Å². The van der Waals surface area contributed by atoms with Crippen molar-refractivity contribution < 1.29 is 14.3 Å². The largest absolute Gasteiger partial charge is 0.493 e. The fourth-order valence-electron chi connectivity index (χ4n) is 3.04. The van der Waals surface area contributed by atoms with Gasteiger partial charge < -0.3 is 20.5 Å². The van der Waals surface area contributed by atoms with Crippen LogP contribution in [0.5, 0.6) is 11.5 Å². The lowest BCUT2D eigenvalue weighted by molar-refractivity contribution is -0.118. The highest BCUT2D eigenvalue weighted by atomic mass is 16.5. The molecule has 1 aromatic carbocycles. The van der Waals surface area contributed by atoms with E-state index in [0.29, 0.717) is 18.0 Å². The number of rotatable bonds is 6. The average molecular weight is 330 g/mol. The molecule has 0 spiro atoms. The molecule has 0 unspecified atom stereocenters. The van der Waals surface area contributed by atoms with Crippen molar-refractivity contribution in [3.8, 4) is 22.8 Å². The molecule has 128 valence electrons. The number of amides is 1. The van der Waals surface area contributed by atoms with Crippen molar-refractivity contribution in [3.05, 3.63) is 29.5 Å². The Morgan fingerprint density at radius 1 is 1.33 bits per heavy atom. The molecule has 3 rings (SSSR count). The second kappa shape index (κ2) is 6.92. The SMILES string of the molecule is COc1ccc(-c2nn(CCC(N)=O)c3c2CNCC3)cc1OC. The molecule has 2 aromatic rings. The van der Waals surface area contributed by atoms with Crippen LogP contribution in [-0.2, 0) is 24.3 Å². The van der Waals surface area contributed by atoms with E-state index in [1.807, 2.05) is 22.9 Å². The molecular formula is C17H22N4O3. The van der Waals surface area contributed by atoms with Gasteiger partial charge in [-0.15, -0.1) is 0 Å². The Hall–Kier alpha value is -2.54. The van der Waals surface area contributed by atoms with Gasteiger partial charge in [0.25, 0.3) is 0 Å². The summed E-state index contributed by atoms with van der Waals surface area (Å²) in [5.41, 5.74) is 9.48.